The summed E-state index contributed by atoms with van der Waals surface area (Å²) >= 11 is 2.20. The molecule has 86 valence electrons. The SMILES string of the molecule is CC(=Nc1ccccc1C)c1cncnc1I. The quantitative estimate of drug-likeness (QED) is 0.478. The van der Waals surface area contributed by atoms with Gasteiger partial charge in [0.15, 0.2) is 0 Å². The highest BCUT2D eigenvalue weighted by molar-refractivity contribution is 14.1. The van der Waals surface area contributed by atoms with Gasteiger partial charge < -0.3 is 0 Å². The molecule has 2 rings (SSSR count). The molecule has 0 aliphatic heterocycles. The fourth-order valence-corrected chi connectivity index (χ4v) is 2.14. The van der Waals surface area contributed by atoms with Crippen molar-refractivity contribution in [3.63, 3.8) is 0 Å². The van der Waals surface area contributed by atoms with E-state index >= 15 is 0 Å². The zero-order valence-electron chi connectivity index (χ0n) is 9.68. The normalized spacial score (nSPS) is 11.6. The lowest BCUT2D eigenvalue weighted by Gasteiger charge is -2.04. The maximum absolute atomic E-state index is 4.62. The van der Waals surface area contributed by atoms with Crippen molar-refractivity contribution >= 4 is 34.0 Å². The Morgan fingerprint density at radius 2 is 2.06 bits per heavy atom. The summed E-state index contributed by atoms with van der Waals surface area (Å²) in [6, 6.07) is 8.07. The van der Waals surface area contributed by atoms with Gasteiger partial charge in [0, 0.05) is 17.5 Å². The van der Waals surface area contributed by atoms with E-state index in [1.54, 1.807) is 12.5 Å². The van der Waals surface area contributed by atoms with Gasteiger partial charge in [-0.05, 0) is 48.1 Å². The Labute approximate surface area is 114 Å². The van der Waals surface area contributed by atoms with E-state index in [1.807, 2.05) is 25.1 Å². The van der Waals surface area contributed by atoms with Gasteiger partial charge in [-0.2, -0.15) is 0 Å². The summed E-state index contributed by atoms with van der Waals surface area (Å²) in [6.07, 6.45) is 3.35. The Balaban J connectivity index is 2.42. The lowest BCUT2D eigenvalue weighted by molar-refractivity contribution is 1.12. The number of benzene rings is 1. The van der Waals surface area contributed by atoms with Crippen molar-refractivity contribution < 1.29 is 0 Å². The molecule has 0 unspecified atom stereocenters. The molecule has 4 heteroatoms. The molecule has 0 saturated carbocycles. The monoisotopic (exact) mass is 337 g/mol. The molecule has 0 amide bonds. The molecule has 0 bridgehead atoms. The van der Waals surface area contributed by atoms with Crippen LogP contribution in [0.1, 0.15) is 18.1 Å². The molecule has 0 spiro atoms. The number of halogens is 1. The summed E-state index contributed by atoms with van der Waals surface area (Å²) in [5.41, 5.74) is 4.07. The van der Waals surface area contributed by atoms with E-state index in [1.165, 1.54) is 5.56 Å². The fraction of sp³-hybridized carbons (Fsp3) is 0.154. The van der Waals surface area contributed by atoms with E-state index < -0.39 is 0 Å². The van der Waals surface area contributed by atoms with Gasteiger partial charge in [-0.15, -0.1) is 0 Å². The molecule has 0 aliphatic rings. The Hall–Kier alpha value is -1.30. The highest BCUT2D eigenvalue weighted by atomic mass is 127. The van der Waals surface area contributed by atoms with Crippen LogP contribution in [0.2, 0.25) is 0 Å². The Morgan fingerprint density at radius 3 is 2.76 bits per heavy atom. The third-order valence-corrected chi connectivity index (χ3v) is 3.32. The van der Waals surface area contributed by atoms with Crippen LogP contribution in [0.5, 0.6) is 0 Å². The zero-order valence-corrected chi connectivity index (χ0v) is 11.8. The minimum Gasteiger partial charge on any atom is -0.253 e. The van der Waals surface area contributed by atoms with Crippen molar-refractivity contribution in [2.75, 3.05) is 0 Å². The molecule has 0 saturated heterocycles. The minimum atomic E-state index is 0.924. The third-order valence-electron chi connectivity index (χ3n) is 2.46. The molecular weight excluding hydrogens is 325 g/mol. The number of hydrogen-bond acceptors (Lipinski definition) is 3. The van der Waals surface area contributed by atoms with Crippen molar-refractivity contribution in [1.82, 2.24) is 9.97 Å². The van der Waals surface area contributed by atoms with E-state index in [4.69, 9.17) is 0 Å². The van der Waals surface area contributed by atoms with Gasteiger partial charge in [0.1, 0.15) is 10.0 Å². The summed E-state index contributed by atoms with van der Waals surface area (Å²) in [7, 11) is 0. The summed E-state index contributed by atoms with van der Waals surface area (Å²) in [5, 5.41) is 0. The van der Waals surface area contributed by atoms with E-state index in [9.17, 15) is 0 Å². The van der Waals surface area contributed by atoms with Crippen LogP contribution in [0, 0.1) is 10.6 Å². The second-order valence-corrected chi connectivity index (χ2v) is 4.73. The van der Waals surface area contributed by atoms with E-state index in [2.05, 4.69) is 50.5 Å². The van der Waals surface area contributed by atoms with Crippen molar-refractivity contribution in [3.05, 3.63) is 51.6 Å². The average molecular weight is 337 g/mol. The first-order valence-corrected chi connectivity index (χ1v) is 6.33. The zero-order chi connectivity index (χ0) is 12.3. The predicted octanol–water partition coefficient (Wildman–Crippen LogP) is 3.53. The molecule has 1 heterocycles. The van der Waals surface area contributed by atoms with Crippen molar-refractivity contribution in [1.29, 1.82) is 0 Å². The lowest BCUT2D eigenvalue weighted by Crippen LogP contribution is -2.00. The maximum Gasteiger partial charge on any atom is 0.116 e. The van der Waals surface area contributed by atoms with Crippen LogP contribution in [0.3, 0.4) is 0 Å². The molecule has 2 aromatic rings. The van der Waals surface area contributed by atoms with Crippen LogP contribution in [0.25, 0.3) is 0 Å². The standard InChI is InChI=1S/C13H12IN3/c1-9-5-3-4-6-12(9)17-10(2)11-7-15-8-16-13(11)14/h3-8H,1-2H3. The Morgan fingerprint density at radius 1 is 1.29 bits per heavy atom. The van der Waals surface area contributed by atoms with Crippen molar-refractivity contribution in [2.24, 2.45) is 4.99 Å². The molecule has 0 radical (unpaired) electrons. The van der Waals surface area contributed by atoms with Crippen molar-refractivity contribution in [2.45, 2.75) is 13.8 Å². The topological polar surface area (TPSA) is 38.1 Å². The molecule has 3 nitrogen and oxygen atoms in total. The van der Waals surface area contributed by atoms with E-state index in [-0.39, 0.29) is 0 Å². The first-order chi connectivity index (χ1) is 8.18. The molecule has 0 atom stereocenters. The van der Waals surface area contributed by atoms with Crippen LogP contribution < -0.4 is 0 Å². The molecule has 0 N–H and O–H groups in total. The van der Waals surface area contributed by atoms with Crippen LogP contribution >= 0.6 is 22.6 Å². The van der Waals surface area contributed by atoms with Crippen LogP contribution in [-0.4, -0.2) is 15.7 Å². The number of aromatic nitrogens is 2. The van der Waals surface area contributed by atoms with Gasteiger partial charge in [-0.25, -0.2) is 9.97 Å². The van der Waals surface area contributed by atoms with E-state index in [0.717, 1.165) is 20.7 Å². The van der Waals surface area contributed by atoms with Gasteiger partial charge in [0.25, 0.3) is 0 Å². The second kappa shape index (κ2) is 5.35. The number of rotatable bonds is 2. The van der Waals surface area contributed by atoms with E-state index in [0.29, 0.717) is 0 Å². The number of nitrogens with zero attached hydrogens (tertiary/aromatic N) is 3. The summed E-state index contributed by atoms with van der Waals surface area (Å²) in [6.45, 7) is 4.03. The fourth-order valence-electron chi connectivity index (χ4n) is 1.49. The largest absolute Gasteiger partial charge is 0.253 e. The predicted molar refractivity (Wildman–Crippen MR) is 77.8 cm³/mol. The van der Waals surface area contributed by atoms with Gasteiger partial charge in [0.05, 0.1) is 5.69 Å². The van der Waals surface area contributed by atoms with Crippen LogP contribution in [0.4, 0.5) is 5.69 Å². The summed E-state index contributed by atoms with van der Waals surface area (Å²) in [5.74, 6) is 0. The van der Waals surface area contributed by atoms with Crippen LogP contribution in [-0.2, 0) is 0 Å². The highest BCUT2D eigenvalue weighted by Gasteiger charge is 2.04. The Kier molecular flexibility index (Phi) is 3.83. The molecule has 17 heavy (non-hydrogen) atoms. The number of para-hydroxylation sites is 1. The molecule has 0 aliphatic carbocycles. The number of aryl methyl sites for hydroxylation is 1. The van der Waals surface area contributed by atoms with Gasteiger partial charge in [0.2, 0.25) is 0 Å². The first-order valence-electron chi connectivity index (χ1n) is 5.25. The lowest BCUT2D eigenvalue weighted by atomic mass is 10.2. The molecule has 0 fully saturated rings. The summed E-state index contributed by atoms with van der Waals surface area (Å²) < 4.78 is 0.924. The second-order valence-electron chi connectivity index (χ2n) is 3.71. The molecule has 1 aromatic heterocycles. The minimum absolute atomic E-state index is 0.924. The van der Waals surface area contributed by atoms with Crippen molar-refractivity contribution in [3.8, 4) is 0 Å². The molecular formula is C13H12IN3. The third kappa shape index (κ3) is 2.88. The number of aliphatic imine (C=N–C) groups is 1. The van der Waals surface area contributed by atoms with Crippen LogP contribution in [0.15, 0.2) is 41.8 Å². The highest BCUT2D eigenvalue weighted by Crippen LogP contribution is 2.19. The van der Waals surface area contributed by atoms with Gasteiger partial charge in [-0.1, -0.05) is 18.2 Å². The average Bonchev–Trinajstić information content (AvgIpc) is 2.32. The summed E-state index contributed by atoms with van der Waals surface area (Å²) in [4.78, 5) is 12.8. The number of hydrogen-bond donors (Lipinski definition) is 0. The van der Waals surface area contributed by atoms with Gasteiger partial charge in [-0.3, -0.25) is 4.99 Å². The van der Waals surface area contributed by atoms with Gasteiger partial charge >= 0.3 is 0 Å². The first kappa shape index (κ1) is 12.2. The molecule has 1 aromatic carbocycles. The maximum atomic E-state index is 4.62. The Bertz CT molecular complexity index is 564. The smallest absolute Gasteiger partial charge is 0.116 e.